The molecule has 16 aromatic rings. The average molecular weight is 1010 g/mol. The summed E-state index contributed by atoms with van der Waals surface area (Å²) < 4.78 is 11.8. The summed E-state index contributed by atoms with van der Waals surface area (Å²) in [6.45, 7) is 9.69. The largest absolute Gasteiger partial charge is 0.316 e. The smallest absolute Gasteiger partial charge is 0.221 e. The molecule has 0 amide bonds. The van der Waals surface area contributed by atoms with Crippen molar-refractivity contribution >= 4 is 144 Å². The lowest BCUT2D eigenvalue weighted by atomic mass is 9.88. The second-order valence-corrected chi connectivity index (χ2v) is 22.3. The summed E-state index contributed by atoms with van der Waals surface area (Å²) >= 11 is 5.40. The molecule has 5 aromatic heterocycles. The Morgan fingerprint density at radius 1 is 0.387 bits per heavy atom. The quantitative estimate of drug-likeness (QED) is 0.158. The average Bonchev–Trinajstić information content (AvgIpc) is 4.47. The molecule has 0 atom stereocenters. The highest BCUT2D eigenvalue weighted by Gasteiger charge is 2.34. The Balaban J connectivity index is 1.18. The number of thiophene rings is 3. The Hall–Kier alpha value is -9.34. The number of aromatic nitrogens is 2. The summed E-state index contributed by atoms with van der Waals surface area (Å²) in [6, 6.07) is 80.6. The van der Waals surface area contributed by atoms with E-state index < -0.39 is 0 Å². The molecule has 0 saturated carbocycles. The Bertz CT molecular complexity index is 4990. The number of fused-ring (bicyclic) bond motifs is 18. The zero-order valence-electron chi connectivity index (χ0n) is 39.8. The van der Waals surface area contributed by atoms with Gasteiger partial charge in [-0.1, -0.05) is 188 Å². The first-order valence-electron chi connectivity index (χ1n) is 24.9. The molecule has 0 aliphatic rings. The second-order valence-electron chi connectivity index (χ2n) is 19.2. The first kappa shape index (κ1) is 42.2. The van der Waals surface area contributed by atoms with Gasteiger partial charge in [0.15, 0.2) is 0 Å². The molecule has 0 aliphatic carbocycles. The van der Waals surface area contributed by atoms with Crippen molar-refractivity contribution in [3.63, 3.8) is 0 Å². The third kappa shape index (κ3) is 5.83. The van der Waals surface area contributed by atoms with Crippen LogP contribution in [0.5, 0.6) is 0 Å². The van der Waals surface area contributed by atoms with Gasteiger partial charge >= 0.3 is 0 Å². The van der Waals surface area contributed by atoms with Crippen LogP contribution in [0.1, 0.15) is 5.56 Å². The molecular formula is C68H36N4S3. The van der Waals surface area contributed by atoms with E-state index in [4.69, 9.17) is 4.85 Å². The summed E-state index contributed by atoms with van der Waals surface area (Å²) in [5.41, 5.74) is 11.9. The summed E-state index contributed by atoms with van der Waals surface area (Å²) in [4.78, 5) is 4.75. The van der Waals surface area contributed by atoms with E-state index in [1.54, 1.807) is 11.3 Å². The van der Waals surface area contributed by atoms with Gasteiger partial charge in [0, 0.05) is 79.1 Å². The number of nitrogens with zero attached hydrogens (tertiary/aromatic N) is 4. The van der Waals surface area contributed by atoms with Crippen LogP contribution in [0.2, 0.25) is 0 Å². The van der Waals surface area contributed by atoms with E-state index in [1.807, 2.05) is 34.8 Å². The molecular weight excluding hydrogens is 969 g/mol. The van der Waals surface area contributed by atoms with Gasteiger partial charge in [0.2, 0.25) is 5.69 Å². The minimum atomic E-state index is 0.415. The number of para-hydroxylation sites is 1. The van der Waals surface area contributed by atoms with E-state index in [1.165, 1.54) is 41.0 Å². The molecule has 5 heterocycles. The van der Waals surface area contributed by atoms with Gasteiger partial charge in [-0.05, 0) is 52.6 Å². The number of benzene rings is 11. The zero-order valence-corrected chi connectivity index (χ0v) is 42.2. The SMILES string of the molecule is [C-]#[N+]c1c(-c2ccccc2)c(-n2c3c(ccc4c5ccccc5sc43)c3ccc4c5ccccc5sc4c32)c(-c2ccccc2)c(C#N)c1-n1c2ccccc2c2cc(-c3ccccc3)c3c4ccccc4sc3c21. The monoisotopic (exact) mass is 1000 g/mol. The van der Waals surface area contributed by atoms with E-state index in [0.29, 0.717) is 16.9 Å². The molecule has 4 nitrogen and oxygen atoms in total. The Kier molecular flexibility index (Phi) is 9.05. The highest BCUT2D eigenvalue weighted by Crippen LogP contribution is 2.56. The van der Waals surface area contributed by atoms with Crippen LogP contribution in [-0.4, -0.2) is 9.13 Å². The van der Waals surface area contributed by atoms with Crippen LogP contribution in [0.4, 0.5) is 5.69 Å². The predicted molar refractivity (Wildman–Crippen MR) is 321 cm³/mol. The lowest BCUT2D eigenvalue weighted by Crippen LogP contribution is -2.08. The fraction of sp³-hybridized carbons (Fsp3) is 0. The summed E-state index contributed by atoms with van der Waals surface area (Å²) in [5.74, 6) is 0. The van der Waals surface area contributed by atoms with Crippen LogP contribution in [0.25, 0.3) is 154 Å². The van der Waals surface area contributed by atoms with E-state index >= 15 is 0 Å². The number of nitriles is 1. The van der Waals surface area contributed by atoms with Crippen LogP contribution in [0.3, 0.4) is 0 Å². The Labute approximate surface area is 441 Å². The zero-order chi connectivity index (χ0) is 49.5. The molecule has 346 valence electrons. The molecule has 75 heavy (non-hydrogen) atoms. The Morgan fingerprint density at radius 2 is 0.840 bits per heavy atom. The van der Waals surface area contributed by atoms with Gasteiger partial charge in [0.25, 0.3) is 0 Å². The summed E-state index contributed by atoms with van der Waals surface area (Å²) in [7, 11) is 0. The van der Waals surface area contributed by atoms with Crippen LogP contribution < -0.4 is 0 Å². The highest BCUT2D eigenvalue weighted by atomic mass is 32.1. The van der Waals surface area contributed by atoms with Crippen molar-refractivity contribution < 1.29 is 0 Å². The third-order valence-corrected chi connectivity index (χ3v) is 18.9. The molecule has 0 N–H and O–H groups in total. The van der Waals surface area contributed by atoms with Crippen molar-refractivity contribution in [2.24, 2.45) is 0 Å². The van der Waals surface area contributed by atoms with Crippen LogP contribution in [0, 0.1) is 17.9 Å². The molecule has 0 fully saturated rings. The molecule has 0 spiro atoms. The number of rotatable bonds is 5. The number of hydrogen-bond acceptors (Lipinski definition) is 4. The molecule has 0 radical (unpaired) electrons. The molecule has 11 aromatic carbocycles. The first-order chi connectivity index (χ1) is 37.2. The molecule has 7 heteroatoms. The van der Waals surface area contributed by atoms with Crippen molar-refractivity contribution in [1.82, 2.24) is 9.13 Å². The van der Waals surface area contributed by atoms with Gasteiger partial charge in [-0.3, -0.25) is 0 Å². The molecule has 0 unspecified atom stereocenters. The molecule has 0 bridgehead atoms. The molecule has 16 rings (SSSR count). The van der Waals surface area contributed by atoms with Crippen molar-refractivity contribution in [3.05, 3.63) is 235 Å². The standard InChI is InChI=1S/C68H36N4S3/c1-70-60-58(41-23-9-4-10-24-41)65(72-62-45(33-35-47-43-26-12-16-30-54(43)73-66(47)62)46-34-36-48-44-27-13-17-31-55(44)74-67(48)63(46)72)57(40-21-7-3-8-22-40)52(38-69)61(60)71-53-29-15-11-25-42(53)51-37-50(39-19-5-2-6-20-39)59-49-28-14-18-32-56(49)75-68(59)64(51)71/h2-37H. The normalized spacial score (nSPS) is 12.0. The van der Waals surface area contributed by atoms with Gasteiger partial charge in [0.1, 0.15) is 6.07 Å². The number of hydrogen-bond donors (Lipinski definition) is 0. The third-order valence-electron chi connectivity index (χ3n) is 15.4. The second kappa shape index (κ2) is 16.1. The lowest BCUT2D eigenvalue weighted by molar-refractivity contribution is 1.15. The predicted octanol–water partition coefficient (Wildman–Crippen LogP) is 20.4. The van der Waals surface area contributed by atoms with E-state index in [2.05, 4.69) is 221 Å². The van der Waals surface area contributed by atoms with Crippen molar-refractivity contribution in [1.29, 1.82) is 5.26 Å². The van der Waals surface area contributed by atoms with E-state index in [0.717, 1.165) is 102 Å². The van der Waals surface area contributed by atoms with Crippen molar-refractivity contribution in [2.45, 2.75) is 0 Å². The van der Waals surface area contributed by atoms with Gasteiger partial charge in [-0.15, -0.1) is 34.0 Å². The topological polar surface area (TPSA) is 38.0 Å². The van der Waals surface area contributed by atoms with Crippen LogP contribution in [0.15, 0.2) is 218 Å². The maximum atomic E-state index is 12.4. The van der Waals surface area contributed by atoms with E-state index in [-0.39, 0.29) is 0 Å². The van der Waals surface area contributed by atoms with Crippen molar-refractivity contribution in [3.8, 4) is 50.8 Å². The summed E-state index contributed by atoms with van der Waals surface area (Å²) in [6.07, 6.45) is 0. The fourth-order valence-electron chi connectivity index (χ4n) is 12.3. The minimum absolute atomic E-state index is 0.415. The fourth-order valence-corrected chi connectivity index (χ4v) is 16.1. The molecule has 0 saturated heterocycles. The van der Waals surface area contributed by atoms with E-state index in [9.17, 15) is 11.8 Å². The van der Waals surface area contributed by atoms with Crippen molar-refractivity contribution in [2.75, 3.05) is 0 Å². The summed E-state index contributed by atoms with van der Waals surface area (Å²) in [5, 5.41) is 23.9. The lowest BCUT2D eigenvalue weighted by Gasteiger charge is -2.26. The van der Waals surface area contributed by atoms with Gasteiger partial charge < -0.3 is 9.13 Å². The maximum absolute atomic E-state index is 12.4. The minimum Gasteiger partial charge on any atom is -0.316 e. The maximum Gasteiger partial charge on any atom is 0.221 e. The highest BCUT2D eigenvalue weighted by molar-refractivity contribution is 7.27. The van der Waals surface area contributed by atoms with Gasteiger partial charge in [0.05, 0.1) is 59.7 Å². The first-order valence-corrected chi connectivity index (χ1v) is 27.4. The van der Waals surface area contributed by atoms with Gasteiger partial charge in [-0.25, -0.2) is 4.85 Å². The Morgan fingerprint density at radius 3 is 1.41 bits per heavy atom. The molecule has 0 aliphatic heterocycles. The van der Waals surface area contributed by atoms with Crippen LogP contribution >= 0.6 is 34.0 Å². The van der Waals surface area contributed by atoms with Gasteiger partial charge in [-0.2, -0.15) is 5.26 Å². The van der Waals surface area contributed by atoms with Crippen LogP contribution in [-0.2, 0) is 0 Å².